The maximum atomic E-state index is 11.7. The van der Waals surface area contributed by atoms with Gasteiger partial charge in [-0.1, -0.05) is 11.6 Å². The molecule has 0 heterocycles. The van der Waals surface area contributed by atoms with Crippen LogP contribution in [0.3, 0.4) is 0 Å². The van der Waals surface area contributed by atoms with E-state index in [9.17, 15) is 8.42 Å². The van der Waals surface area contributed by atoms with Gasteiger partial charge in [-0.25, -0.2) is 13.1 Å². The van der Waals surface area contributed by atoms with Gasteiger partial charge in [0.15, 0.2) is 0 Å². The van der Waals surface area contributed by atoms with Crippen molar-refractivity contribution in [2.75, 3.05) is 12.3 Å². The van der Waals surface area contributed by atoms with Gasteiger partial charge in [0.1, 0.15) is 4.90 Å². The molecule has 0 fully saturated rings. The van der Waals surface area contributed by atoms with Crippen LogP contribution in [-0.4, -0.2) is 26.2 Å². The molecule has 1 aromatic rings. The van der Waals surface area contributed by atoms with Crippen molar-refractivity contribution in [1.29, 1.82) is 0 Å². The maximum Gasteiger partial charge on any atom is 0.242 e. The molecule has 0 aliphatic heterocycles. The smallest absolute Gasteiger partial charge is 0.242 e. The van der Waals surface area contributed by atoms with Gasteiger partial charge in [-0.15, -0.1) is 0 Å². The van der Waals surface area contributed by atoms with Crippen LogP contribution in [0.4, 0.5) is 5.69 Å². The third-order valence-corrected chi connectivity index (χ3v) is 3.56. The second-order valence-electron chi connectivity index (χ2n) is 3.38. The Morgan fingerprint density at radius 2 is 2.19 bits per heavy atom. The van der Waals surface area contributed by atoms with Crippen LogP contribution in [0.2, 0.25) is 5.02 Å². The van der Waals surface area contributed by atoms with Gasteiger partial charge in [-0.05, 0) is 25.1 Å². The Bertz CT molecular complexity index is 474. The van der Waals surface area contributed by atoms with Gasteiger partial charge in [-0.2, -0.15) is 0 Å². The van der Waals surface area contributed by atoms with E-state index in [0.29, 0.717) is 5.02 Å². The molecule has 1 rings (SSSR count). The van der Waals surface area contributed by atoms with Crippen LogP contribution in [0.25, 0.3) is 0 Å². The number of nitrogens with two attached hydrogens (primary N) is 1. The number of hydrogen-bond acceptors (Lipinski definition) is 4. The number of sulfonamides is 1. The van der Waals surface area contributed by atoms with Crippen LogP contribution < -0.4 is 10.5 Å². The summed E-state index contributed by atoms with van der Waals surface area (Å²) >= 11 is 5.66. The Labute approximate surface area is 99.3 Å². The van der Waals surface area contributed by atoms with E-state index >= 15 is 0 Å². The third-order valence-electron chi connectivity index (χ3n) is 1.83. The first-order valence-corrected chi connectivity index (χ1v) is 6.42. The fraction of sp³-hybridized carbons (Fsp3) is 0.333. The SMILES string of the molecule is C[C@@H](O)CNS(=O)(=O)c1ccc(Cl)cc1N. The summed E-state index contributed by atoms with van der Waals surface area (Å²) in [5.74, 6) is 0. The molecule has 0 bridgehead atoms. The van der Waals surface area contributed by atoms with Crippen molar-refractivity contribution in [3.63, 3.8) is 0 Å². The zero-order valence-corrected chi connectivity index (χ0v) is 10.2. The highest BCUT2D eigenvalue weighted by atomic mass is 35.5. The molecule has 0 aliphatic carbocycles. The largest absolute Gasteiger partial charge is 0.398 e. The van der Waals surface area contributed by atoms with Crippen LogP contribution >= 0.6 is 11.6 Å². The van der Waals surface area contributed by atoms with Crippen molar-refractivity contribution in [3.8, 4) is 0 Å². The third kappa shape index (κ3) is 3.34. The van der Waals surface area contributed by atoms with Crippen molar-refractivity contribution < 1.29 is 13.5 Å². The van der Waals surface area contributed by atoms with Crippen LogP contribution in [0, 0.1) is 0 Å². The first-order chi connectivity index (χ1) is 7.33. The molecule has 0 aliphatic rings. The summed E-state index contributed by atoms with van der Waals surface area (Å²) in [6.45, 7) is 1.41. The molecular weight excluding hydrogens is 252 g/mol. The predicted molar refractivity (Wildman–Crippen MR) is 62.7 cm³/mol. The minimum absolute atomic E-state index is 0.0439. The topological polar surface area (TPSA) is 92.4 Å². The van der Waals surface area contributed by atoms with Gasteiger partial charge in [0.25, 0.3) is 0 Å². The molecule has 0 unspecified atom stereocenters. The molecule has 5 nitrogen and oxygen atoms in total. The van der Waals surface area contributed by atoms with E-state index in [-0.39, 0.29) is 17.1 Å². The fourth-order valence-corrected chi connectivity index (χ4v) is 2.49. The van der Waals surface area contributed by atoms with Crippen molar-refractivity contribution >= 4 is 27.3 Å². The maximum absolute atomic E-state index is 11.7. The van der Waals surface area contributed by atoms with E-state index < -0.39 is 16.1 Å². The van der Waals surface area contributed by atoms with E-state index in [1.165, 1.54) is 25.1 Å². The molecule has 4 N–H and O–H groups in total. The number of aliphatic hydroxyl groups excluding tert-OH is 1. The van der Waals surface area contributed by atoms with Gasteiger partial charge in [-0.3, -0.25) is 0 Å². The number of rotatable bonds is 4. The Kier molecular flexibility index (Phi) is 4.15. The minimum Gasteiger partial charge on any atom is -0.398 e. The number of nitrogen functional groups attached to an aromatic ring is 1. The van der Waals surface area contributed by atoms with Gasteiger partial charge >= 0.3 is 0 Å². The highest BCUT2D eigenvalue weighted by Crippen LogP contribution is 2.21. The number of nitrogens with one attached hydrogen (secondary N) is 1. The molecule has 0 spiro atoms. The molecule has 1 atom stereocenters. The first kappa shape index (κ1) is 13.2. The zero-order chi connectivity index (χ0) is 12.3. The second-order valence-corrected chi connectivity index (χ2v) is 5.55. The summed E-state index contributed by atoms with van der Waals surface area (Å²) in [7, 11) is -3.70. The molecule has 90 valence electrons. The van der Waals surface area contributed by atoms with Crippen molar-refractivity contribution in [1.82, 2.24) is 4.72 Å². The van der Waals surface area contributed by atoms with E-state index in [2.05, 4.69) is 4.72 Å². The average Bonchev–Trinajstić information content (AvgIpc) is 2.14. The summed E-state index contributed by atoms with van der Waals surface area (Å²) < 4.78 is 25.7. The number of hydrogen-bond donors (Lipinski definition) is 3. The molecule has 0 radical (unpaired) electrons. The van der Waals surface area contributed by atoms with Crippen molar-refractivity contribution in [2.24, 2.45) is 0 Å². The molecule has 0 aromatic heterocycles. The number of benzene rings is 1. The molecular formula is C9H13ClN2O3S. The van der Waals surface area contributed by atoms with E-state index in [1.54, 1.807) is 0 Å². The lowest BCUT2D eigenvalue weighted by Gasteiger charge is -2.10. The lowest BCUT2D eigenvalue weighted by atomic mass is 10.3. The Morgan fingerprint density at radius 3 is 2.69 bits per heavy atom. The van der Waals surface area contributed by atoms with E-state index in [4.69, 9.17) is 22.4 Å². The van der Waals surface area contributed by atoms with Crippen LogP contribution in [0.1, 0.15) is 6.92 Å². The number of halogens is 1. The lowest BCUT2D eigenvalue weighted by Crippen LogP contribution is -2.31. The van der Waals surface area contributed by atoms with E-state index in [0.717, 1.165) is 0 Å². The first-order valence-electron chi connectivity index (χ1n) is 4.55. The Balaban J connectivity index is 2.99. The van der Waals surface area contributed by atoms with Gasteiger partial charge in [0.2, 0.25) is 10.0 Å². The molecule has 0 saturated heterocycles. The Morgan fingerprint density at radius 1 is 1.56 bits per heavy atom. The summed E-state index contributed by atoms with van der Waals surface area (Å²) in [5, 5.41) is 9.36. The summed E-state index contributed by atoms with van der Waals surface area (Å²) in [5.41, 5.74) is 5.62. The minimum atomic E-state index is -3.70. The van der Waals surface area contributed by atoms with Crippen molar-refractivity contribution in [3.05, 3.63) is 23.2 Å². The fourth-order valence-electron chi connectivity index (χ4n) is 1.07. The van der Waals surface area contributed by atoms with Crippen LogP contribution in [0.5, 0.6) is 0 Å². The highest BCUT2D eigenvalue weighted by molar-refractivity contribution is 7.89. The molecule has 7 heteroatoms. The monoisotopic (exact) mass is 264 g/mol. The molecule has 1 aromatic carbocycles. The summed E-state index contributed by atoms with van der Waals surface area (Å²) in [6, 6.07) is 4.12. The zero-order valence-electron chi connectivity index (χ0n) is 8.64. The quantitative estimate of drug-likeness (QED) is 0.694. The average molecular weight is 265 g/mol. The van der Waals surface area contributed by atoms with Crippen LogP contribution in [-0.2, 0) is 10.0 Å². The molecule has 16 heavy (non-hydrogen) atoms. The van der Waals surface area contributed by atoms with E-state index in [1.807, 2.05) is 0 Å². The highest BCUT2D eigenvalue weighted by Gasteiger charge is 2.17. The van der Waals surface area contributed by atoms with Crippen LogP contribution in [0.15, 0.2) is 23.1 Å². The predicted octanol–water partition coefficient (Wildman–Crippen LogP) is 0.581. The lowest BCUT2D eigenvalue weighted by molar-refractivity contribution is 0.198. The standard InChI is InChI=1S/C9H13ClN2O3S/c1-6(13)5-12-16(14,15)9-3-2-7(10)4-8(9)11/h2-4,6,12-13H,5,11H2,1H3/t6-/m1/s1. The molecule has 0 amide bonds. The molecule has 0 saturated carbocycles. The second kappa shape index (κ2) is 5.01. The normalized spacial score (nSPS) is 13.7. The van der Waals surface area contributed by atoms with Gasteiger partial charge in [0, 0.05) is 11.6 Å². The summed E-state index contributed by atoms with van der Waals surface area (Å²) in [4.78, 5) is -0.0439. The summed E-state index contributed by atoms with van der Waals surface area (Å²) in [6.07, 6.45) is -0.761. The number of aliphatic hydroxyl groups is 1. The van der Waals surface area contributed by atoms with Crippen molar-refractivity contribution in [2.45, 2.75) is 17.9 Å². The van der Waals surface area contributed by atoms with Gasteiger partial charge < -0.3 is 10.8 Å². The Hall–Kier alpha value is -0.820. The number of anilines is 1. The van der Waals surface area contributed by atoms with Gasteiger partial charge in [0.05, 0.1) is 11.8 Å².